The van der Waals surface area contributed by atoms with E-state index in [2.05, 4.69) is 32.4 Å². The molecule has 10 heteroatoms. The molecule has 2 aromatic heterocycles. The highest BCUT2D eigenvalue weighted by Gasteiger charge is 2.53. The number of nitrogens with zero attached hydrogens (tertiary/aromatic N) is 3. The van der Waals surface area contributed by atoms with E-state index in [1.54, 1.807) is 31.6 Å². The van der Waals surface area contributed by atoms with Gasteiger partial charge in [-0.05, 0) is 51.1 Å². The highest BCUT2D eigenvalue weighted by molar-refractivity contribution is 6.32. The fourth-order valence-electron chi connectivity index (χ4n) is 5.88. The van der Waals surface area contributed by atoms with E-state index in [1.807, 2.05) is 48.2 Å². The van der Waals surface area contributed by atoms with E-state index in [0.29, 0.717) is 58.7 Å². The van der Waals surface area contributed by atoms with Crippen LogP contribution in [0.3, 0.4) is 0 Å². The Hall–Kier alpha value is -4.26. The maximum absolute atomic E-state index is 13.1. The van der Waals surface area contributed by atoms with E-state index in [-0.39, 0.29) is 23.9 Å². The zero-order chi connectivity index (χ0) is 29.4. The van der Waals surface area contributed by atoms with Crippen LogP contribution < -0.4 is 15.4 Å². The van der Waals surface area contributed by atoms with Crippen molar-refractivity contribution in [2.45, 2.75) is 31.3 Å². The first kappa shape index (κ1) is 27.9. The van der Waals surface area contributed by atoms with Gasteiger partial charge in [0, 0.05) is 55.3 Å². The van der Waals surface area contributed by atoms with Crippen LogP contribution in [0.1, 0.15) is 34.5 Å². The number of hydrogen-bond donors (Lipinski definition) is 3. The normalized spacial score (nSPS) is 20.5. The summed E-state index contributed by atoms with van der Waals surface area (Å²) in [6, 6.07) is 7.43. The number of pyridine rings is 1. The Morgan fingerprint density at radius 3 is 2.98 bits per heavy atom. The van der Waals surface area contributed by atoms with Gasteiger partial charge in [-0.1, -0.05) is 35.6 Å². The molecule has 9 nitrogen and oxygen atoms in total. The number of H-pyrrole nitrogens is 1. The topological polar surface area (TPSA) is 103 Å². The van der Waals surface area contributed by atoms with Crippen LogP contribution >= 0.6 is 11.6 Å². The number of fused-ring (bicyclic) bond motifs is 2. The molecule has 3 atom stereocenters. The van der Waals surface area contributed by atoms with Gasteiger partial charge in [0.1, 0.15) is 0 Å². The lowest BCUT2D eigenvalue weighted by atomic mass is 10.0. The van der Waals surface area contributed by atoms with Gasteiger partial charge in [-0.2, -0.15) is 0 Å². The summed E-state index contributed by atoms with van der Waals surface area (Å²) in [5, 5.41) is 6.83. The summed E-state index contributed by atoms with van der Waals surface area (Å²) < 4.78 is 5.56. The van der Waals surface area contributed by atoms with Gasteiger partial charge >= 0.3 is 0 Å². The summed E-state index contributed by atoms with van der Waals surface area (Å²) in [6.45, 7) is 1.25. The van der Waals surface area contributed by atoms with Crippen LogP contribution in [-0.4, -0.2) is 78.0 Å². The maximum atomic E-state index is 13.1. The molecule has 216 valence electrons. The maximum Gasteiger partial charge on any atom is 0.255 e. The third kappa shape index (κ3) is 5.36. The average Bonchev–Trinajstić information content (AvgIpc) is 3.47. The Bertz CT molecular complexity index is 1630. The first-order valence-electron chi connectivity index (χ1n) is 14.1. The number of benzene rings is 1. The first-order chi connectivity index (χ1) is 20.4. The Morgan fingerprint density at radius 2 is 2.17 bits per heavy atom. The average molecular weight is 585 g/mol. The standard InChI is InChI=1S/C32H33ClN6O3/c1-38(2)15-5-8-27(40)39-21(16-20-17-26(20)39)10-9-19-18-34-13-11-22(19)29-30(28-24(36-29)12-14-35-32(28)41)37-25-7-4-6-23(33)31(25)42-3/h4-8,11,13,18,20-21,26,36-37H,12,14-17H2,1-3H3,(H,35,41)/b8-5+/t20-,21+,26+/m0/s1. The molecule has 2 amide bonds. The highest BCUT2D eigenvalue weighted by Crippen LogP contribution is 2.48. The van der Waals surface area contributed by atoms with E-state index < -0.39 is 0 Å². The number of para-hydroxylation sites is 1. The van der Waals surface area contributed by atoms with Crippen molar-refractivity contribution in [3.05, 3.63) is 70.7 Å². The zero-order valence-corrected chi connectivity index (χ0v) is 24.6. The predicted octanol–water partition coefficient (Wildman–Crippen LogP) is 4.23. The number of anilines is 2. The van der Waals surface area contributed by atoms with Gasteiger partial charge in [0.15, 0.2) is 5.75 Å². The van der Waals surface area contributed by atoms with Crippen LogP contribution in [0, 0.1) is 17.8 Å². The molecule has 3 aromatic rings. The van der Waals surface area contributed by atoms with E-state index in [1.165, 1.54) is 0 Å². The van der Waals surface area contributed by atoms with E-state index >= 15 is 0 Å². The molecule has 42 heavy (non-hydrogen) atoms. The summed E-state index contributed by atoms with van der Waals surface area (Å²) in [6.07, 6.45) is 9.58. The van der Waals surface area contributed by atoms with Crippen LogP contribution in [0.15, 0.2) is 48.8 Å². The molecule has 2 fully saturated rings. The molecular formula is C32H33ClN6O3. The summed E-state index contributed by atoms with van der Waals surface area (Å²) in [5.41, 5.74) is 4.86. The smallest absolute Gasteiger partial charge is 0.255 e. The van der Waals surface area contributed by atoms with Crippen molar-refractivity contribution in [3.8, 4) is 28.8 Å². The summed E-state index contributed by atoms with van der Waals surface area (Å²) >= 11 is 6.40. The van der Waals surface area contributed by atoms with Crippen molar-refractivity contribution >= 4 is 34.8 Å². The first-order valence-corrected chi connectivity index (χ1v) is 14.5. The van der Waals surface area contributed by atoms with E-state index in [9.17, 15) is 9.59 Å². The number of hydrogen-bond acceptors (Lipinski definition) is 6. The summed E-state index contributed by atoms with van der Waals surface area (Å²) in [7, 11) is 5.50. The van der Waals surface area contributed by atoms with Crippen molar-refractivity contribution in [1.29, 1.82) is 0 Å². The minimum absolute atomic E-state index is 0.0116. The van der Waals surface area contributed by atoms with Crippen molar-refractivity contribution in [2.75, 3.05) is 39.6 Å². The number of rotatable bonds is 7. The highest BCUT2D eigenvalue weighted by atomic mass is 35.5. The SMILES string of the molecule is COc1c(Cl)cccc1Nc1c(-c2ccncc2C#C[C@@H]2C[C@H]3C[C@H]3N2C(=O)/C=C/CN(C)C)[nH]c2c1C(=O)NCC2. The number of amides is 2. The molecule has 0 bridgehead atoms. The second kappa shape index (κ2) is 11.6. The molecule has 1 saturated carbocycles. The number of halogens is 1. The zero-order valence-electron chi connectivity index (χ0n) is 23.8. The molecule has 3 N–H and O–H groups in total. The van der Waals surface area contributed by atoms with Crippen molar-refractivity contribution in [1.82, 2.24) is 25.1 Å². The molecule has 0 spiro atoms. The molecule has 3 aliphatic rings. The number of ether oxygens (including phenoxy) is 1. The van der Waals surface area contributed by atoms with Gasteiger partial charge in [0.2, 0.25) is 5.91 Å². The third-order valence-corrected chi connectivity index (χ3v) is 8.25. The molecule has 2 aliphatic heterocycles. The molecular weight excluding hydrogens is 552 g/mol. The third-order valence-electron chi connectivity index (χ3n) is 7.95. The Balaban J connectivity index is 1.37. The summed E-state index contributed by atoms with van der Waals surface area (Å²) in [5.74, 6) is 7.57. The van der Waals surface area contributed by atoms with Gasteiger partial charge in [-0.3, -0.25) is 14.6 Å². The number of likely N-dealkylation sites (N-methyl/N-ethyl adjacent to an activating group) is 1. The molecule has 4 heterocycles. The second-order valence-corrected chi connectivity index (χ2v) is 11.5. The lowest BCUT2D eigenvalue weighted by Gasteiger charge is -2.22. The van der Waals surface area contributed by atoms with E-state index in [0.717, 1.165) is 29.8 Å². The minimum Gasteiger partial charge on any atom is -0.493 e. The number of carbonyl (C=O) groups is 2. The van der Waals surface area contributed by atoms with Crippen LogP contribution in [0.5, 0.6) is 5.75 Å². The monoisotopic (exact) mass is 584 g/mol. The predicted molar refractivity (Wildman–Crippen MR) is 163 cm³/mol. The molecule has 1 aromatic carbocycles. The molecule has 1 aliphatic carbocycles. The Labute approximate surface area is 250 Å². The number of nitrogens with one attached hydrogen (secondary N) is 3. The number of carbonyl (C=O) groups excluding carboxylic acids is 2. The van der Waals surface area contributed by atoms with Gasteiger partial charge in [-0.15, -0.1) is 0 Å². The van der Waals surface area contributed by atoms with Gasteiger partial charge in [-0.25, -0.2) is 0 Å². The number of aromatic amines is 1. The van der Waals surface area contributed by atoms with Gasteiger partial charge < -0.3 is 30.2 Å². The lowest BCUT2D eigenvalue weighted by molar-refractivity contribution is -0.126. The molecule has 0 unspecified atom stereocenters. The number of likely N-dealkylation sites (tertiary alicyclic amines) is 1. The molecule has 0 radical (unpaired) electrons. The number of aromatic nitrogens is 2. The van der Waals surface area contributed by atoms with Crippen LogP contribution in [0.25, 0.3) is 11.3 Å². The fraction of sp³-hybridized carbons (Fsp3) is 0.344. The quantitative estimate of drug-likeness (QED) is 0.284. The number of piperidine rings is 1. The van der Waals surface area contributed by atoms with Crippen molar-refractivity contribution in [2.24, 2.45) is 5.92 Å². The minimum atomic E-state index is -0.161. The van der Waals surface area contributed by atoms with Crippen molar-refractivity contribution in [3.63, 3.8) is 0 Å². The molecule has 6 rings (SSSR count). The van der Waals surface area contributed by atoms with Gasteiger partial charge in [0.05, 0.1) is 46.4 Å². The fourth-order valence-corrected chi connectivity index (χ4v) is 6.13. The largest absolute Gasteiger partial charge is 0.493 e. The number of methoxy groups -OCH3 is 1. The van der Waals surface area contributed by atoms with Crippen LogP contribution in [0.2, 0.25) is 5.02 Å². The second-order valence-electron chi connectivity index (χ2n) is 11.1. The van der Waals surface area contributed by atoms with Crippen LogP contribution in [0.4, 0.5) is 11.4 Å². The van der Waals surface area contributed by atoms with Crippen LogP contribution in [-0.2, 0) is 11.2 Å². The van der Waals surface area contributed by atoms with Gasteiger partial charge in [0.25, 0.3) is 5.91 Å². The molecule has 1 saturated heterocycles. The summed E-state index contributed by atoms with van der Waals surface area (Å²) in [4.78, 5) is 38.0. The Kier molecular flexibility index (Phi) is 7.67. The Morgan fingerprint density at radius 1 is 1.31 bits per heavy atom. The lowest BCUT2D eigenvalue weighted by Crippen LogP contribution is -2.36. The van der Waals surface area contributed by atoms with E-state index in [4.69, 9.17) is 16.3 Å². The van der Waals surface area contributed by atoms with Crippen molar-refractivity contribution < 1.29 is 14.3 Å².